The Labute approximate surface area is 106 Å². The van der Waals surface area contributed by atoms with Crippen molar-refractivity contribution in [1.82, 2.24) is 15.5 Å². The van der Waals surface area contributed by atoms with Gasteiger partial charge in [0.2, 0.25) is 5.91 Å². The van der Waals surface area contributed by atoms with Gasteiger partial charge >= 0.3 is 0 Å². The molecule has 0 bridgehead atoms. The van der Waals surface area contributed by atoms with Gasteiger partial charge in [-0.3, -0.25) is 9.59 Å². The van der Waals surface area contributed by atoms with Gasteiger partial charge in [-0.05, 0) is 6.07 Å². The highest BCUT2D eigenvalue weighted by molar-refractivity contribution is 6.34. The van der Waals surface area contributed by atoms with Crippen LogP contribution in [0.5, 0.6) is 0 Å². The third-order valence-electron chi connectivity index (χ3n) is 1.75. The molecular weight excluding hydrogens is 271 g/mol. The summed E-state index contributed by atoms with van der Waals surface area (Å²) in [5, 5.41) is 18.0. The van der Waals surface area contributed by atoms with Gasteiger partial charge in [0.15, 0.2) is 10.3 Å². The summed E-state index contributed by atoms with van der Waals surface area (Å²) in [4.78, 5) is 22.1. The first-order valence-electron chi connectivity index (χ1n) is 4.36. The first-order valence-corrected chi connectivity index (χ1v) is 5.11. The van der Waals surface area contributed by atoms with Crippen LogP contribution in [0.4, 0.5) is 0 Å². The highest BCUT2D eigenvalue weighted by atomic mass is 35.5. The number of aromatic nitrogens is 2. The number of amides is 2. The fraction of sp³-hybridized carbons (Fsp3) is 0.250. The molecule has 0 aliphatic rings. The molecule has 0 fully saturated rings. The van der Waals surface area contributed by atoms with Crippen LogP contribution in [0.15, 0.2) is 6.07 Å². The number of nitrogens with one attached hydrogen (secondary N) is 1. The zero-order valence-corrected chi connectivity index (χ0v) is 9.87. The quantitative estimate of drug-likeness (QED) is 0.677. The van der Waals surface area contributed by atoms with Crippen molar-refractivity contribution in [2.24, 2.45) is 5.73 Å². The molecule has 1 atom stereocenters. The number of halogens is 2. The molecule has 0 aliphatic heterocycles. The summed E-state index contributed by atoms with van der Waals surface area (Å²) in [5.74, 6) is -1.59. The number of nitrogens with zero attached hydrogens (tertiary/aromatic N) is 2. The monoisotopic (exact) mass is 278 g/mol. The number of aliphatic hydroxyl groups is 1. The number of rotatable bonds is 4. The van der Waals surface area contributed by atoms with E-state index in [1.165, 1.54) is 6.07 Å². The minimum atomic E-state index is -1.47. The number of carbonyl (C=O) groups excluding carboxylic acids is 2. The van der Waals surface area contributed by atoms with Crippen LogP contribution in [0.3, 0.4) is 0 Å². The summed E-state index contributed by atoms with van der Waals surface area (Å²) in [7, 11) is 0. The van der Waals surface area contributed by atoms with Gasteiger partial charge < -0.3 is 16.2 Å². The number of aliphatic hydroxyl groups excluding tert-OH is 1. The molecule has 1 aromatic heterocycles. The molecule has 0 aromatic carbocycles. The lowest BCUT2D eigenvalue weighted by molar-refractivity contribution is -0.125. The second-order valence-corrected chi connectivity index (χ2v) is 3.74. The Bertz CT molecular complexity index is 454. The lowest BCUT2D eigenvalue weighted by Crippen LogP contribution is -2.40. The summed E-state index contributed by atoms with van der Waals surface area (Å²) >= 11 is 11.2. The van der Waals surface area contributed by atoms with Crippen LogP contribution < -0.4 is 11.1 Å². The standard InChI is InChI=1S/C8H8Cl2N4O3/c9-5-1-3(6(10)14-13-5)8(17)12-2-4(15)7(11)16/h1,4,15H,2H2,(H2,11,16)(H,12,17). The predicted molar refractivity (Wildman–Crippen MR) is 59.6 cm³/mol. The van der Waals surface area contributed by atoms with Crippen molar-refractivity contribution in [3.05, 3.63) is 21.9 Å². The van der Waals surface area contributed by atoms with Crippen molar-refractivity contribution in [2.45, 2.75) is 6.10 Å². The van der Waals surface area contributed by atoms with Gasteiger partial charge in [0.1, 0.15) is 6.10 Å². The Kier molecular flexibility index (Phi) is 4.62. The minimum absolute atomic E-state index is 0.00463. The molecule has 0 radical (unpaired) electrons. The predicted octanol–water partition coefficient (Wildman–Crippen LogP) is -0.641. The van der Waals surface area contributed by atoms with Crippen LogP contribution in [0.2, 0.25) is 10.3 Å². The van der Waals surface area contributed by atoms with Crippen molar-refractivity contribution in [2.75, 3.05) is 6.54 Å². The number of primary amides is 1. The van der Waals surface area contributed by atoms with Crippen molar-refractivity contribution in [3.63, 3.8) is 0 Å². The van der Waals surface area contributed by atoms with Gasteiger partial charge in [0.25, 0.3) is 5.91 Å². The maximum absolute atomic E-state index is 11.6. The Morgan fingerprint density at radius 1 is 1.47 bits per heavy atom. The van der Waals surface area contributed by atoms with E-state index in [2.05, 4.69) is 15.5 Å². The molecule has 1 unspecified atom stereocenters. The average Bonchev–Trinajstić information content (AvgIpc) is 2.28. The van der Waals surface area contributed by atoms with Gasteiger partial charge in [-0.25, -0.2) is 0 Å². The zero-order chi connectivity index (χ0) is 13.0. The van der Waals surface area contributed by atoms with Gasteiger partial charge in [0.05, 0.1) is 12.1 Å². The SMILES string of the molecule is NC(=O)C(O)CNC(=O)c1cc(Cl)nnc1Cl. The largest absolute Gasteiger partial charge is 0.381 e. The van der Waals surface area contributed by atoms with E-state index >= 15 is 0 Å². The molecule has 0 saturated carbocycles. The zero-order valence-electron chi connectivity index (χ0n) is 8.35. The topological polar surface area (TPSA) is 118 Å². The third-order valence-corrected chi connectivity index (χ3v) is 2.21. The molecule has 0 spiro atoms. The van der Waals surface area contributed by atoms with Gasteiger partial charge in [-0.2, -0.15) is 0 Å². The lowest BCUT2D eigenvalue weighted by Gasteiger charge is -2.08. The Morgan fingerprint density at radius 2 is 2.12 bits per heavy atom. The van der Waals surface area contributed by atoms with Crippen LogP contribution in [-0.2, 0) is 4.79 Å². The molecular formula is C8H8Cl2N4O3. The van der Waals surface area contributed by atoms with E-state index in [9.17, 15) is 9.59 Å². The smallest absolute Gasteiger partial charge is 0.254 e. The van der Waals surface area contributed by atoms with Crippen LogP contribution in [0.25, 0.3) is 0 Å². The Balaban J connectivity index is 2.70. The maximum atomic E-state index is 11.6. The molecule has 1 rings (SSSR count). The molecule has 1 aromatic rings. The van der Waals surface area contributed by atoms with E-state index in [0.29, 0.717) is 0 Å². The van der Waals surface area contributed by atoms with E-state index in [0.717, 1.165) is 0 Å². The van der Waals surface area contributed by atoms with Crippen molar-refractivity contribution < 1.29 is 14.7 Å². The average molecular weight is 279 g/mol. The fourth-order valence-electron chi connectivity index (χ4n) is 0.897. The number of hydrogen-bond acceptors (Lipinski definition) is 5. The summed E-state index contributed by atoms with van der Waals surface area (Å²) < 4.78 is 0. The van der Waals surface area contributed by atoms with E-state index < -0.39 is 17.9 Å². The summed E-state index contributed by atoms with van der Waals surface area (Å²) in [6.07, 6.45) is -1.47. The number of hydrogen-bond donors (Lipinski definition) is 3. The van der Waals surface area contributed by atoms with Crippen LogP contribution in [-0.4, -0.2) is 39.8 Å². The summed E-state index contributed by atoms with van der Waals surface area (Å²) in [6, 6.07) is 1.21. The fourth-order valence-corrected chi connectivity index (χ4v) is 1.22. The second kappa shape index (κ2) is 5.76. The molecule has 9 heteroatoms. The van der Waals surface area contributed by atoms with Gasteiger partial charge in [-0.1, -0.05) is 23.2 Å². The van der Waals surface area contributed by atoms with Crippen molar-refractivity contribution in [3.8, 4) is 0 Å². The van der Waals surface area contributed by atoms with Crippen LogP contribution in [0.1, 0.15) is 10.4 Å². The third kappa shape index (κ3) is 3.81. The van der Waals surface area contributed by atoms with Crippen LogP contribution in [0, 0.1) is 0 Å². The van der Waals surface area contributed by atoms with Gasteiger partial charge in [-0.15, -0.1) is 10.2 Å². The summed E-state index contributed by atoms with van der Waals surface area (Å²) in [6.45, 7) is -0.329. The maximum Gasteiger partial charge on any atom is 0.254 e. The van der Waals surface area contributed by atoms with E-state index in [4.69, 9.17) is 34.0 Å². The van der Waals surface area contributed by atoms with E-state index in [-0.39, 0.29) is 22.4 Å². The molecule has 17 heavy (non-hydrogen) atoms. The van der Waals surface area contributed by atoms with Crippen molar-refractivity contribution in [1.29, 1.82) is 0 Å². The molecule has 1 heterocycles. The van der Waals surface area contributed by atoms with Crippen LogP contribution >= 0.6 is 23.2 Å². The highest BCUT2D eigenvalue weighted by Gasteiger charge is 2.16. The van der Waals surface area contributed by atoms with Gasteiger partial charge in [0, 0.05) is 0 Å². The first-order chi connectivity index (χ1) is 7.91. The Hall–Kier alpha value is -1.44. The molecule has 0 saturated heterocycles. The number of carbonyl (C=O) groups is 2. The number of nitrogens with two attached hydrogens (primary N) is 1. The normalized spacial score (nSPS) is 11.9. The molecule has 4 N–H and O–H groups in total. The molecule has 2 amide bonds. The van der Waals surface area contributed by atoms with Crippen molar-refractivity contribution >= 4 is 35.0 Å². The van der Waals surface area contributed by atoms with E-state index in [1.54, 1.807) is 0 Å². The lowest BCUT2D eigenvalue weighted by atomic mass is 10.2. The second-order valence-electron chi connectivity index (χ2n) is 3.00. The van der Waals surface area contributed by atoms with E-state index in [1.807, 2.05) is 0 Å². The molecule has 0 aliphatic carbocycles. The first kappa shape index (κ1) is 13.6. The summed E-state index contributed by atoms with van der Waals surface area (Å²) in [5.41, 5.74) is 4.79. The molecule has 7 nitrogen and oxygen atoms in total. The highest BCUT2D eigenvalue weighted by Crippen LogP contribution is 2.14. The molecule has 92 valence electrons. The Morgan fingerprint density at radius 3 is 2.71 bits per heavy atom. The minimum Gasteiger partial charge on any atom is -0.381 e.